The molecule has 12 rings (SSSR count). The number of nitriles is 1. The summed E-state index contributed by atoms with van der Waals surface area (Å²) in [7, 11) is 0. The van der Waals surface area contributed by atoms with Crippen LogP contribution in [-0.2, 0) is 0 Å². The summed E-state index contributed by atoms with van der Waals surface area (Å²) < 4.78 is 9.77. The van der Waals surface area contributed by atoms with Crippen LogP contribution in [0.1, 0.15) is 5.56 Å². The monoisotopic (exact) mass is 746 g/mol. The first-order valence-corrected chi connectivity index (χ1v) is 20.1. The minimum atomic E-state index is 0.537. The molecule has 0 saturated heterocycles. The van der Waals surface area contributed by atoms with E-state index >= 15 is 0 Å². The molecule has 12 aromatic rings. The van der Waals surface area contributed by atoms with Gasteiger partial charge in [0.1, 0.15) is 0 Å². The lowest BCUT2D eigenvalue weighted by atomic mass is 9.97. The fraction of sp³-hybridized carbons (Fsp3) is 0. The molecule has 0 N–H and O–H groups in total. The summed E-state index contributed by atoms with van der Waals surface area (Å²) in [6, 6.07) is 58.2. The van der Waals surface area contributed by atoms with Gasteiger partial charge in [-0.05, 0) is 48.0 Å². The number of benzene rings is 8. The van der Waals surface area contributed by atoms with Crippen molar-refractivity contribution in [1.29, 1.82) is 5.26 Å². The van der Waals surface area contributed by atoms with Gasteiger partial charge < -0.3 is 9.13 Å². The number of thiophene rings is 2. The van der Waals surface area contributed by atoms with E-state index in [0.29, 0.717) is 11.3 Å². The molecule has 0 unspecified atom stereocenters. The topological polar surface area (TPSA) is 38.0 Å². The molecule has 0 atom stereocenters. The van der Waals surface area contributed by atoms with E-state index in [4.69, 9.17) is 6.57 Å². The minimum Gasteiger partial charge on any atom is -0.306 e. The first-order valence-electron chi connectivity index (χ1n) is 18.4. The molecule has 4 nitrogen and oxygen atoms in total. The molecule has 4 heterocycles. The quantitative estimate of drug-likeness (QED) is 0.166. The van der Waals surface area contributed by atoms with Crippen LogP contribution in [0.3, 0.4) is 0 Å². The molecule has 0 bridgehead atoms. The second-order valence-corrected chi connectivity index (χ2v) is 16.3. The highest BCUT2D eigenvalue weighted by Gasteiger charge is 2.25. The molecule has 258 valence electrons. The molecule has 0 radical (unpaired) electrons. The molecule has 0 fully saturated rings. The zero-order valence-electron chi connectivity index (χ0n) is 29.6. The normalized spacial score (nSPS) is 11.9. The largest absolute Gasteiger partial charge is 0.306 e. The third-order valence-corrected chi connectivity index (χ3v) is 13.7. The molecule has 0 aliphatic rings. The maximum absolute atomic E-state index is 11.0. The van der Waals surface area contributed by atoms with Crippen LogP contribution in [-0.4, -0.2) is 9.13 Å². The van der Waals surface area contributed by atoms with Gasteiger partial charge in [-0.3, -0.25) is 0 Å². The maximum atomic E-state index is 11.0. The summed E-state index contributed by atoms with van der Waals surface area (Å²) in [6.45, 7) is 7.80. The van der Waals surface area contributed by atoms with Gasteiger partial charge in [0.15, 0.2) is 5.69 Å². The predicted octanol–water partition coefficient (Wildman–Crippen LogP) is 14.7. The van der Waals surface area contributed by atoms with Gasteiger partial charge in [0, 0.05) is 58.1 Å². The summed E-state index contributed by atoms with van der Waals surface area (Å²) in [5, 5.41) is 20.6. The lowest BCUT2D eigenvalue weighted by Crippen LogP contribution is -2.05. The van der Waals surface area contributed by atoms with E-state index in [0.717, 1.165) is 50.0 Å². The van der Waals surface area contributed by atoms with Crippen LogP contribution in [0.4, 0.5) is 5.69 Å². The second kappa shape index (κ2) is 11.6. The van der Waals surface area contributed by atoms with E-state index in [1.165, 1.54) is 56.5 Å². The zero-order valence-corrected chi connectivity index (χ0v) is 31.2. The van der Waals surface area contributed by atoms with E-state index in [1.54, 1.807) is 0 Å². The van der Waals surface area contributed by atoms with Gasteiger partial charge in [0.2, 0.25) is 0 Å². The first kappa shape index (κ1) is 31.2. The molecular weight excluding hydrogens is 721 g/mol. The summed E-state index contributed by atoms with van der Waals surface area (Å²) in [5.41, 5.74) is 9.04. The number of fused-ring (bicyclic) bond motifs is 14. The van der Waals surface area contributed by atoms with Crippen molar-refractivity contribution in [3.8, 4) is 28.6 Å². The van der Waals surface area contributed by atoms with Crippen molar-refractivity contribution in [2.24, 2.45) is 0 Å². The highest BCUT2D eigenvalue weighted by atomic mass is 32.1. The SMILES string of the molecule is [C-]#[N+]c1cccc(-c2cc(-n3c4ccccc4c4ccc5c6ccccc6sc5c43)c(-n3c4ccccc4c4ccc5c6ccccc6sc5c43)cc2C#N)c1. The highest BCUT2D eigenvalue weighted by molar-refractivity contribution is 7.27. The third-order valence-electron chi connectivity index (χ3n) is 11.4. The third kappa shape index (κ3) is 4.20. The average Bonchev–Trinajstić information content (AvgIpc) is 4.01. The Kier molecular flexibility index (Phi) is 6.48. The Balaban J connectivity index is 1.32. The number of nitrogens with zero attached hydrogens (tertiary/aromatic N) is 4. The van der Waals surface area contributed by atoms with E-state index in [9.17, 15) is 5.26 Å². The van der Waals surface area contributed by atoms with Gasteiger partial charge in [-0.25, -0.2) is 4.85 Å². The van der Waals surface area contributed by atoms with Gasteiger partial charge >= 0.3 is 0 Å². The maximum Gasteiger partial charge on any atom is 0.187 e. The second-order valence-electron chi connectivity index (χ2n) is 14.2. The summed E-state index contributed by atoms with van der Waals surface area (Å²) >= 11 is 3.65. The Bertz CT molecular complexity index is 3750. The Morgan fingerprint density at radius 3 is 1.54 bits per heavy atom. The molecule has 0 aliphatic carbocycles. The van der Waals surface area contributed by atoms with Gasteiger partial charge in [-0.1, -0.05) is 115 Å². The molecule has 0 aliphatic heterocycles. The number of hydrogen-bond donors (Lipinski definition) is 0. The fourth-order valence-corrected chi connectivity index (χ4v) is 11.5. The lowest BCUT2D eigenvalue weighted by molar-refractivity contribution is 1.10. The number of rotatable bonds is 3. The Labute approximate surface area is 328 Å². The van der Waals surface area contributed by atoms with Crippen LogP contribution in [0, 0.1) is 17.9 Å². The van der Waals surface area contributed by atoms with Gasteiger partial charge in [-0.15, -0.1) is 22.7 Å². The molecule has 0 saturated carbocycles. The van der Waals surface area contributed by atoms with Crippen molar-refractivity contribution in [3.63, 3.8) is 0 Å². The molecule has 0 spiro atoms. The molecule has 0 amide bonds. The predicted molar refractivity (Wildman–Crippen MR) is 237 cm³/mol. The zero-order chi connectivity index (χ0) is 37.1. The fourth-order valence-electron chi connectivity index (χ4n) is 8.97. The van der Waals surface area contributed by atoms with Crippen LogP contribution in [0.15, 0.2) is 158 Å². The van der Waals surface area contributed by atoms with Gasteiger partial charge in [0.05, 0.1) is 61.0 Å². The average molecular weight is 747 g/mol. The molecule has 8 aromatic carbocycles. The Morgan fingerprint density at radius 2 is 0.982 bits per heavy atom. The van der Waals surface area contributed by atoms with E-state index in [-0.39, 0.29) is 0 Å². The van der Waals surface area contributed by atoms with Crippen LogP contribution in [0.5, 0.6) is 0 Å². The van der Waals surface area contributed by atoms with Crippen LogP contribution in [0.2, 0.25) is 0 Å². The van der Waals surface area contributed by atoms with Crippen LogP contribution in [0.25, 0.3) is 111 Å². The molecule has 56 heavy (non-hydrogen) atoms. The van der Waals surface area contributed by atoms with Gasteiger partial charge in [0.25, 0.3) is 0 Å². The van der Waals surface area contributed by atoms with E-state index in [1.807, 2.05) is 46.9 Å². The standard InChI is InChI=1S/C50H26N4S2/c1-52-31-12-10-11-29(25-31)40-27-44(54-42-18-7-3-14-33(42)37-22-24-39-35-16-5-9-20-46(35)56-50(39)48(37)54)43(26-30(40)28-51)53-41-17-6-2-13-32(41)36-21-23-38-34-15-4-8-19-45(34)55-49(38)47(36)53/h2-27H. The van der Waals surface area contributed by atoms with Crippen molar-refractivity contribution in [1.82, 2.24) is 9.13 Å². The molecule has 4 aromatic heterocycles. The van der Waals surface area contributed by atoms with Crippen LogP contribution >= 0.6 is 22.7 Å². The Hall–Kier alpha value is -7.22. The number of para-hydroxylation sites is 2. The van der Waals surface area contributed by atoms with Crippen molar-refractivity contribution >= 4 is 112 Å². The summed E-state index contributed by atoms with van der Waals surface area (Å²) in [4.78, 5) is 3.76. The lowest BCUT2D eigenvalue weighted by Gasteiger charge is -2.20. The summed E-state index contributed by atoms with van der Waals surface area (Å²) in [6.07, 6.45) is 0. The van der Waals surface area contributed by atoms with Crippen molar-refractivity contribution in [2.75, 3.05) is 0 Å². The van der Waals surface area contributed by atoms with Crippen molar-refractivity contribution in [2.45, 2.75) is 0 Å². The first-order chi connectivity index (χ1) is 27.7. The Morgan fingerprint density at radius 1 is 0.482 bits per heavy atom. The summed E-state index contributed by atoms with van der Waals surface area (Å²) in [5.74, 6) is 0. The van der Waals surface area contributed by atoms with E-state index < -0.39 is 0 Å². The number of hydrogen-bond acceptors (Lipinski definition) is 3. The smallest absolute Gasteiger partial charge is 0.187 e. The van der Waals surface area contributed by atoms with Gasteiger partial charge in [-0.2, -0.15) is 5.26 Å². The van der Waals surface area contributed by atoms with Crippen molar-refractivity contribution < 1.29 is 0 Å². The van der Waals surface area contributed by atoms with Crippen LogP contribution < -0.4 is 0 Å². The van der Waals surface area contributed by atoms with E-state index in [2.05, 4.69) is 154 Å². The number of aromatic nitrogens is 2. The van der Waals surface area contributed by atoms with Crippen molar-refractivity contribution in [3.05, 3.63) is 175 Å². The highest BCUT2D eigenvalue weighted by Crippen LogP contribution is 2.47. The molecular formula is C50H26N4S2. The minimum absolute atomic E-state index is 0.537. The molecule has 6 heteroatoms.